The number of rotatable bonds is 0. The van der Waals surface area contributed by atoms with Crippen LogP contribution in [0.4, 0.5) is 0 Å². The highest BCUT2D eigenvalue weighted by Gasteiger charge is 2.24. The number of benzene rings is 1. The van der Waals surface area contributed by atoms with Crippen LogP contribution in [0, 0.1) is 0 Å². The van der Waals surface area contributed by atoms with Crippen molar-refractivity contribution in [3.63, 3.8) is 0 Å². The van der Waals surface area contributed by atoms with Crippen molar-refractivity contribution in [2.24, 2.45) is 0 Å². The quantitative estimate of drug-likeness (QED) is 0.649. The molecule has 3 rings (SSSR count). The SMILES string of the molecule is O=C1CCCCC2=Cc3ccccc3CN12. The van der Waals surface area contributed by atoms with Gasteiger partial charge in [-0.1, -0.05) is 24.3 Å². The minimum Gasteiger partial charge on any atom is -0.312 e. The van der Waals surface area contributed by atoms with E-state index in [4.69, 9.17) is 0 Å². The van der Waals surface area contributed by atoms with E-state index in [0.29, 0.717) is 12.3 Å². The highest BCUT2D eigenvalue weighted by Crippen LogP contribution is 2.30. The Balaban J connectivity index is 2.04. The third-order valence-electron chi connectivity index (χ3n) is 3.43. The summed E-state index contributed by atoms with van der Waals surface area (Å²) in [6.45, 7) is 0.765. The van der Waals surface area contributed by atoms with Crippen molar-refractivity contribution in [2.45, 2.75) is 32.2 Å². The zero-order chi connectivity index (χ0) is 11.0. The first-order valence-corrected chi connectivity index (χ1v) is 5.93. The molecule has 16 heavy (non-hydrogen) atoms. The molecule has 0 aromatic heterocycles. The Morgan fingerprint density at radius 3 is 2.81 bits per heavy atom. The number of fused-ring (bicyclic) bond motifs is 2. The minimum atomic E-state index is 0.290. The monoisotopic (exact) mass is 213 g/mol. The summed E-state index contributed by atoms with van der Waals surface area (Å²) in [6, 6.07) is 8.35. The van der Waals surface area contributed by atoms with E-state index in [2.05, 4.69) is 24.3 Å². The van der Waals surface area contributed by atoms with Crippen LogP contribution in [0.5, 0.6) is 0 Å². The van der Waals surface area contributed by atoms with E-state index >= 15 is 0 Å². The van der Waals surface area contributed by atoms with Gasteiger partial charge in [-0.3, -0.25) is 4.79 Å². The molecule has 0 bridgehead atoms. The van der Waals surface area contributed by atoms with E-state index in [1.165, 1.54) is 16.8 Å². The maximum atomic E-state index is 11.9. The molecule has 2 aliphatic rings. The van der Waals surface area contributed by atoms with Crippen molar-refractivity contribution < 1.29 is 4.79 Å². The van der Waals surface area contributed by atoms with Gasteiger partial charge in [0.15, 0.2) is 0 Å². The summed E-state index contributed by atoms with van der Waals surface area (Å²) in [7, 11) is 0. The third kappa shape index (κ3) is 1.54. The summed E-state index contributed by atoms with van der Waals surface area (Å²) in [5, 5.41) is 0. The number of hydrogen-bond acceptors (Lipinski definition) is 1. The second-order valence-electron chi connectivity index (χ2n) is 4.52. The Morgan fingerprint density at radius 2 is 1.88 bits per heavy atom. The molecule has 1 aromatic carbocycles. The standard InChI is InChI=1S/C14H15NO/c16-14-8-4-3-7-13-9-11-5-1-2-6-12(11)10-15(13)14/h1-2,5-6,9H,3-4,7-8,10H2. The Morgan fingerprint density at radius 1 is 1.06 bits per heavy atom. The van der Waals surface area contributed by atoms with Gasteiger partial charge in [0.05, 0.1) is 6.54 Å². The van der Waals surface area contributed by atoms with Crippen molar-refractivity contribution in [3.05, 3.63) is 41.1 Å². The lowest BCUT2D eigenvalue weighted by Gasteiger charge is -2.28. The molecule has 0 N–H and O–H groups in total. The van der Waals surface area contributed by atoms with Gasteiger partial charge < -0.3 is 4.90 Å². The highest BCUT2D eigenvalue weighted by atomic mass is 16.2. The van der Waals surface area contributed by atoms with Crippen LogP contribution < -0.4 is 0 Å². The molecule has 0 unspecified atom stereocenters. The Bertz CT molecular complexity index is 462. The van der Waals surface area contributed by atoms with Gasteiger partial charge in [0.1, 0.15) is 0 Å². The minimum absolute atomic E-state index is 0.290. The van der Waals surface area contributed by atoms with Crippen LogP contribution >= 0.6 is 0 Å². The fourth-order valence-electron chi connectivity index (χ4n) is 2.52. The maximum Gasteiger partial charge on any atom is 0.227 e. The zero-order valence-electron chi connectivity index (χ0n) is 9.28. The third-order valence-corrected chi connectivity index (χ3v) is 3.43. The average molecular weight is 213 g/mol. The maximum absolute atomic E-state index is 11.9. The fraction of sp³-hybridized carbons (Fsp3) is 0.357. The van der Waals surface area contributed by atoms with Crippen LogP contribution in [0.1, 0.15) is 36.8 Å². The van der Waals surface area contributed by atoms with Crippen molar-refractivity contribution >= 4 is 12.0 Å². The van der Waals surface area contributed by atoms with Gasteiger partial charge >= 0.3 is 0 Å². The van der Waals surface area contributed by atoms with Crippen LogP contribution in [-0.4, -0.2) is 10.8 Å². The first kappa shape index (κ1) is 9.64. The Kier molecular flexibility index (Phi) is 2.28. The molecule has 82 valence electrons. The second-order valence-corrected chi connectivity index (χ2v) is 4.52. The van der Waals surface area contributed by atoms with Crippen LogP contribution in [0.2, 0.25) is 0 Å². The molecule has 1 fully saturated rings. The molecule has 2 heteroatoms. The van der Waals surface area contributed by atoms with Gasteiger partial charge in [-0.15, -0.1) is 0 Å². The summed E-state index contributed by atoms with van der Waals surface area (Å²) < 4.78 is 0. The van der Waals surface area contributed by atoms with Crippen LogP contribution in [-0.2, 0) is 11.3 Å². The Hall–Kier alpha value is -1.57. The number of carbonyl (C=O) groups excluding carboxylic acids is 1. The number of amides is 1. The molecule has 2 heterocycles. The van der Waals surface area contributed by atoms with Gasteiger partial charge in [0.2, 0.25) is 5.91 Å². The van der Waals surface area contributed by atoms with Gasteiger partial charge in [0.25, 0.3) is 0 Å². The molecule has 2 aliphatic heterocycles. The van der Waals surface area contributed by atoms with Crippen LogP contribution in [0.15, 0.2) is 30.0 Å². The van der Waals surface area contributed by atoms with Crippen molar-refractivity contribution in [1.82, 2.24) is 4.90 Å². The average Bonchev–Trinajstić information content (AvgIpc) is 2.49. The molecule has 1 aromatic rings. The molecule has 0 saturated carbocycles. The first-order valence-electron chi connectivity index (χ1n) is 5.93. The Labute approximate surface area is 95.6 Å². The lowest BCUT2D eigenvalue weighted by Crippen LogP contribution is -2.30. The molecule has 0 aliphatic carbocycles. The summed E-state index contributed by atoms with van der Waals surface area (Å²) in [6.07, 6.45) is 6.10. The van der Waals surface area contributed by atoms with E-state index in [1.807, 2.05) is 11.0 Å². The van der Waals surface area contributed by atoms with E-state index < -0.39 is 0 Å². The van der Waals surface area contributed by atoms with E-state index in [9.17, 15) is 4.79 Å². The van der Waals surface area contributed by atoms with Gasteiger partial charge in [-0.25, -0.2) is 0 Å². The molecule has 0 atom stereocenters. The van der Waals surface area contributed by atoms with Crippen LogP contribution in [0.25, 0.3) is 6.08 Å². The number of hydrogen-bond donors (Lipinski definition) is 0. The molecular weight excluding hydrogens is 198 g/mol. The summed E-state index contributed by atoms with van der Waals surface area (Å²) in [5.74, 6) is 0.290. The number of nitrogens with zero attached hydrogens (tertiary/aromatic N) is 1. The lowest BCUT2D eigenvalue weighted by atomic mass is 10.0. The highest BCUT2D eigenvalue weighted by molar-refractivity contribution is 5.81. The van der Waals surface area contributed by atoms with E-state index in [0.717, 1.165) is 25.8 Å². The lowest BCUT2D eigenvalue weighted by molar-refractivity contribution is -0.129. The fourth-order valence-corrected chi connectivity index (χ4v) is 2.52. The topological polar surface area (TPSA) is 20.3 Å². The molecule has 2 nitrogen and oxygen atoms in total. The zero-order valence-corrected chi connectivity index (χ0v) is 9.28. The van der Waals surface area contributed by atoms with E-state index in [1.54, 1.807) is 0 Å². The molecular formula is C14H15NO. The van der Waals surface area contributed by atoms with Gasteiger partial charge in [-0.05, 0) is 36.5 Å². The van der Waals surface area contributed by atoms with Crippen molar-refractivity contribution in [3.8, 4) is 0 Å². The van der Waals surface area contributed by atoms with E-state index in [-0.39, 0.29) is 0 Å². The van der Waals surface area contributed by atoms with Gasteiger partial charge in [-0.2, -0.15) is 0 Å². The normalized spacial score (nSPS) is 19.6. The number of allylic oxidation sites excluding steroid dienone is 1. The first-order chi connectivity index (χ1) is 7.84. The number of carbonyl (C=O) groups is 1. The summed E-state index contributed by atoms with van der Waals surface area (Å²) in [5.41, 5.74) is 3.76. The summed E-state index contributed by atoms with van der Waals surface area (Å²) in [4.78, 5) is 13.9. The molecule has 0 radical (unpaired) electrons. The molecule has 1 amide bonds. The second kappa shape index (κ2) is 3.78. The summed E-state index contributed by atoms with van der Waals surface area (Å²) >= 11 is 0. The van der Waals surface area contributed by atoms with Crippen molar-refractivity contribution in [2.75, 3.05) is 0 Å². The predicted octanol–water partition coefficient (Wildman–Crippen LogP) is 2.94. The largest absolute Gasteiger partial charge is 0.312 e. The molecule has 0 spiro atoms. The smallest absolute Gasteiger partial charge is 0.227 e. The molecule has 1 saturated heterocycles. The predicted molar refractivity (Wildman–Crippen MR) is 63.4 cm³/mol. The van der Waals surface area contributed by atoms with Crippen molar-refractivity contribution in [1.29, 1.82) is 0 Å². The van der Waals surface area contributed by atoms with Crippen LogP contribution in [0.3, 0.4) is 0 Å². The van der Waals surface area contributed by atoms with Gasteiger partial charge in [0, 0.05) is 12.1 Å².